The highest BCUT2D eigenvalue weighted by atomic mass is 79.9. The topological polar surface area (TPSA) is 84.5 Å². The zero-order valence-corrected chi connectivity index (χ0v) is 15.8. The molecule has 0 saturated heterocycles. The van der Waals surface area contributed by atoms with Crippen LogP contribution in [-0.4, -0.2) is 37.0 Å². The van der Waals surface area contributed by atoms with E-state index < -0.39 is 5.97 Å². The average molecular weight is 411 g/mol. The quantitative estimate of drug-likeness (QED) is 0.705. The SMILES string of the molecule is C[C@H]1CCCC[C@H]1NC(=O)COC(=O)CNC(=O)c1ccccc1Br. The maximum Gasteiger partial charge on any atom is 0.325 e. The zero-order valence-electron chi connectivity index (χ0n) is 14.2. The minimum absolute atomic E-state index is 0.148. The molecule has 0 bridgehead atoms. The predicted octanol–water partition coefficient (Wildman–Crippen LogP) is 2.42. The summed E-state index contributed by atoms with van der Waals surface area (Å²) in [4.78, 5) is 35.6. The lowest BCUT2D eigenvalue weighted by Crippen LogP contribution is -2.43. The van der Waals surface area contributed by atoms with Crippen LogP contribution in [0.3, 0.4) is 0 Å². The van der Waals surface area contributed by atoms with E-state index >= 15 is 0 Å². The van der Waals surface area contributed by atoms with Crippen molar-refractivity contribution in [2.75, 3.05) is 13.2 Å². The van der Waals surface area contributed by atoms with Crippen molar-refractivity contribution in [3.63, 3.8) is 0 Å². The molecule has 0 aromatic heterocycles. The lowest BCUT2D eigenvalue weighted by molar-refractivity contribution is -0.147. The number of carbonyl (C=O) groups excluding carboxylic acids is 3. The Labute approximate surface area is 155 Å². The smallest absolute Gasteiger partial charge is 0.325 e. The summed E-state index contributed by atoms with van der Waals surface area (Å²) in [5.74, 6) is -0.890. The number of hydrogen-bond donors (Lipinski definition) is 2. The van der Waals surface area contributed by atoms with Gasteiger partial charge in [-0.25, -0.2) is 0 Å². The Bertz CT molecular complexity index is 635. The summed E-state index contributed by atoms with van der Waals surface area (Å²) < 4.78 is 5.56. The number of amides is 2. The third kappa shape index (κ3) is 6.16. The Morgan fingerprint density at radius 1 is 1.20 bits per heavy atom. The largest absolute Gasteiger partial charge is 0.454 e. The number of benzene rings is 1. The molecule has 6 nitrogen and oxygen atoms in total. The van der Waals surface area contributed by atoms with E-state index in [-0.39, 0.29) is 31.0 Å². The minimum Gasteiger partial charge on any atom is -0.454 e. The van der Waals surface area contributed by atoms with Gasteiger partial charge in [0.05, 0.1) is 5.56 Å². The highest BCUT2D eigenvalue weighted by molar-refractivity contribution is 9.10. The molecule has 1 fully saturated rings. The van der Waals surface area contributed by atoms with Gasteiger partial charge < -0.3 is 15.4 Å². The van der Waals surface area contributed by atoms with Gasteiger partial charge in [-0.1, -0.05) is 31.9 Å². The van der Waals surface area contributed by atoms with Crippen molar-refractivity contribution in [3.05, 3.63) is 34.3 Å². The van der Waals surface area contributed by atoms with Crippen LogP contribution in [-0.2, 0) is 14.3 Å². The van der Waals surface area contributed by atoms with Crippen molar-refractivity contribution in [2.24, 2.45) is 5.92 Å². The summed E-state index contributed by atoms with van der Waals surface area (Å²) in [6.07, 6.45) is 4.37. The van der Waals surface area contributed by atoms with E-state index in [4.69, 9.17) is 4.74 Å². The van der Waals surface area contributed by atoms with Crippen LogP contribution in [0.15, 0.2) is 28.7 Å². The van der Waals surface area contributed by atoms with Crippen molar-refractivity contribution >= 4 is 33.7 Å². The zero-order chi connectivity index (χ0) is 18.2. The molecule has 1 aliphatic carbocycles. The lowest BCUT2D eigenvalue weighted by Gasteiger charge is -2.29. The molecule has 2 rings (SSSR count). The van der Waals surface area contributed by atoms with Crippen LogP contribution in [0.4, 0.5) is 0 Å². The first-order valence-electron chi connectivity index (χ1n) is 8.45. The number of nitrogens with one attached hydrogen (secondary N) is 2. The van der Waals surface area contributed by atoms with Crippen molar-refractivity contribution in [3.8, 4) is 0 Å². The molecule has 2 amide bonds. The molecule has 1 aliphatic rings. The lowest BCUT2D eigenvalue weighted by atomic mass is 9.86. The summed E-state index contributed by atoms with van der Waals surface area (Å²) in [5.41, 5.74) is 0.430. The number of carbonyl (C=O) groups is 3. The fraction of sp³-hybridized carbons (Fsp3) is 0.500. The van der Waals surface area contributed by atoms with Crippen LogP contribution in [0.2, 0.25) is 0 Å². The van der Waals surface area contributed by atoms with Crippen molar-refractivity contribution in [2.45, 2.75) is 38.6 Å². The van der Waals surface area contributed by atoms with Gasteiger partial charge in [0, 0.05) is 10.5 Å². The van der Waals surface area contributed by atoms with Gasteiger partial charge >= 0.3 is 5.97 Å². The summed E-state index contributed by atoms with van der Waals surface area (Å²) in [6, 6.07) is 7.05. The van der Waals surface area contributed by atoms with Crippen LogP contribution in [0, 0.1) is 5.92 Å². The highest BCUT2D eigenvalue weighted by Gasteiger charge is 2.23. The van der Waals surface area contributed by atoms with E-state index in [9.17, 15) is 14.4 Å². The number of ether oxygens (including phenoxy) is 1. The number of rotatable bonds is 6. The predicted molar refractivity (Wildman–Crippen MR) is 97.0 cm³/mol. The van der Waals surface area contributed by atoms with E-state index in [2.05, 4.69) is 33.5 Å². The molecule has 1 saturated carbocycles. The standard InChI is InChI=1S/C18H23BrN2O4/c1-12-6-2-5-9-15(12)21-16(22)11-25-17(23)10-20-18(24)13-7-3-4-8-14(13)19/h3-4,7-8,12,15H,2,5-6,9-11H2,1H3,(H,20,24)(H,21,22)/t12-,15+/m0/s1. The van der Waals surface area contributed by atoms with Crippen LogP contribution in [0.25, 0.3) is 0 Å². The molecule has 1 aromatic rings. The second-order valence-electron chi connectivity index (χ2n) is 6.26. The molecule has 1 aromatic carbocycles. The summed E-state index contributed by atoms with van der Waals surface area (Å²) in [7, 11) is 0. The van der Waals surface area contributed by atoms with Crippen LogP contribution < -0.4 is 10.6 Å². The van der Waals surface area contributed by atoms with E-state index in [1.54, 1.807) is 24.3 Å². The molecule has 0 unspecified atom stereocenters. The van der Waals surface area contributed by atoms with Gasteiger partial charge in [0.2, 0.25) is 0 Å². The first kappa shape index (κ1) is 19.4. The Morgan fingerprint density at radius 3 is 2.64 bits per heavy atom. The fourth-order valence-corrected chi connectivity index (χ4v) is 3.33. The van der Waals surface area contributed by atoms with Gasteiger partial charge in [-0.05, 0) is 46.8 Å². The molecule has 2 N–H and O–H groups in total. The molecule has 0 radical (unpaired) electrons. The summed E-state index contributed by atoms with van der Waals surface area (Å²) >= 11 is 3.28. The van der Waals surface area contributed by atoms with Crippen LogP contribution >= 0.6 is 15.9 Å². The van der Waals surface area contributed by atoms with Crippen LogP contribution in [0.1, 0.15) is 43.0 Å². The third-order valence-corrected chi connectivity index (χ3v) is 5.03. The minimum atomic E-state index is -0.646. The number of halogens is 1. The Morgan fingerprint density at radius 2 is 1.92 bits per heavy atom. The third-order valence-electron chi connectivity index (χ3n) is 4.33. The summed E-state index contributed by atoms with van der Waals surface area (Å²) in [6.45, 7) is 1.51. The number of esters is 1. The van der Waals surface area contributed by atoms with Gasteiger partial charge in [0.25, 0.3) is 11.8 Å². The van der Waals surface area contributed by atoms with E-state index in [0.717, 1.165) is 19.3 Å². The normalized spacial score (nSPS) is 19.8. The van der Waals surface area contributed by atoms with Gasteiger partial charge in [-0.3, -0.25) is 14.4 Å². The van der Waals surface area contributed by atoms with Gasteiger partial charge in [0.15, 0.2) is 6.61 Å². The fourth-order valence-electron chi connectivity index (χ4n) is 2.87. The van der Waals surface area contributed by atoms with Crippen molar-refractivity contribution in [1.29, 1.82) is 0 Å². The van der Waals surface area contributed by atoms with E-state index in [0.29, 0.717) is 16.0 Å². The van der Waals surface area contributed by atoms with Crippen molar-refractivity contribution in [1.82, 2.24) is 10.6 Å². The number of hydrogen-bond acceptors (Lipinski definition) is 4. The Kier molecular flexibility index (Phi) is 7.43. The molecular formula is C18H23BrN2O4. The maximum atomic E-state index is 12.0. The van der Waals surface area contributed by atoms with Crippen LogP contribution in [0.5, 0.6) is 0 Å². The van der Waals surface area contributed by atoms with Crippen molar-refractivity contribution < 1.29 is 19.1 Å². The van der Waals surface area contributed by atoms with Gasteiger partial charge in [-0.2, -0.15) is 0 Å². The molecular weight excluding hydrogens is 388 g/mol. The highest BCUT2D eigenvalue weighted by Crippen LogP contribution is 2.23. The second kappa shape index (κ2) is 9.56. The summed E-state index contributed by atoms with van der Waals surface area (Å²) in [5, 5.41) is 5.39. The van der Waals surface area contributed by atoms with E-state index in [1.165, 1.54) is 6.42 Å². The first-order valence-corrected chi connectivity index (χ1v) is 9.24. The Balaban J connectivity index is 1.69. The van der Waals surface area contributed by atoms with Gasteiger partial charge in [0.1, 0.15) is 6.54 Å². The van der Waals surface area contributed by atoms with E-state index in [1.807, 2.05) is 0 Å². The molecule has 25 heavy (non-hydrogen) atoms. The molecule has 0 spiro atoms. The monoisotopic (exact) mass is 410 g/mol. The molecule has 7 heteroatoms. The molecule has 0 aliphatic heterocycles. The van der Waals surface area contributed by atoms with Gasteiger partial charge in [-0.15, -0.1) is 0 Å². The maximum absolute atomic E-state index is 12.0. The molecule has 136 valence electrons. The first-order chi connectivity index (χ1) is 12.0. The molecule has 0 heterocycles. The molecule has 2 atom stereocenters. The second-order valence-corrected chi connectivity index (χ2v) is 7.11. The average Bonchev–Trinajstić information content (AvgIpc) is 2.60. The Hall–Kier alpha value is -1.89.